The maximum Gasteiger partial charge on any atom is 0.133 e. The molecule has 0 fully saturated rings. The second kappa shape index (κ2) is 14.0. The number of aryl methyl sites for hydroxylation is 2. The predicted molar refractivity (Wildman–Crippen MR) is 207 cm³/mol. The summed E-state index contributed by atoms with van der Waals surface area (Å²) in [6, 6.07) is 29.1. The average Bonchev–Trinajstić information content (AvgIpc) is 3.15. The zero-order valence-corrected chi connectivity index (χ0v) is 28.8. The van der Waals surface area contributed by atoms with Crippen LogP contribution in [-0.2, 0) is 0 Å². The standard InChI is InChI=1S/C46H46N2/c1-5-7-24-41-31(3)27-32(4)42-26-25-38(30-43(41)42)36-21-14-20-35(28-36)37-22-15-23-39(29-37)46-47-44(33-16-10-8-11-17-33)40(6-2)45(48-46)34-18-12-9-13-19-34/h7-8,10-12,14-20,22-30,36,45H,5-6,9,13,21H2,1-4H3,(H,47,48). The van der Waals surface area contributed by atoms with Crippen LogP contribution in [0.3, 0.4) is 0 Å². The van der Waals surface area contributed by atoms with Gasteiger partial charge in [0.25, 0.3) is 0 Å². The lowest BCUT2D eigenvalue weighted by Crippen LogP contribution is -2.33. The maximum absolute atomic E-state index is 5.41. The summed E-state index contributed by atoms with van der Waals surface area (Å²) in [6.45, 7) is 8.92. The van der Waals surface area contributed by atoms with Crippen molar-refractivity contribution in [3.63, 3.8) is 0 Å². The van der Waals surface area contributed by atoms with Gasteiger partial charge in [0.1, 0.15) is 11.9 Å². The maximum atomic E-state index is 5.41. The summed E-state index contributed by atoms with van der Waals surface area (Å²) in [4.78, 5) is 5.41. The highest BCUT2D eigenvalue weighted by Gasteiger charge is 2.27. The lowest BCUT2D eigenvalue weighted by molar-refractivity contribution is 0.812. The van der Waals surface area contributed by atoms with Crippen molar-refractivity contribution in [2.45, 2.75) is 71.8 Å². The molecule has 1 aliphatic heterocycles. The molecular formula is C46H46N2. The molecule has 2 atom stereocenters. The van der Waals surface area contributed by atoms with Crippen LogP contribution in [0.1, 0.15) is 90.8 Å². The normalized spacial score (nSPS) is 19.4. The van der Waals surface area contributed by atoms with Crippen LogP contribution in [0.5, 0.6) is 0 Å². The number of allylic oxidation sites excluding steroid dienone is 7. The van der Waals surface area contributed by atoms with E-state index in [1.54, 1.807) is 0 Å². The highest BCUT2D eigenvalue weighted by Crippen LogP contribution is 2.37. The Labute approximate surface area is 286 Å². The van der Waals surface area contributed by atoms with Crippen molar-refractivity contribution in [1.82, 2.24) is 5.32 Å². The molecule has 2 heteroatoms. The second-order valence-electron chi connectivity index (χ2n) is 13.3. The molecule has 48 heavy (non-hydrogen) atoms. The molecule has 4 aromatic carbocycles. The highest BCUT2D eigenvalue weighted by atomic mass is 15.1. The molecule has 0 spiro atoms. The van der Waals surface area contributed by atoms with Crippen LogP contribution in [0.2, 0.25) is 0 Å². The fraction of sp³-hybridized carbons (Fsp3) is 0.239. The quantitative estimate of drug-likeness (QED) is 0.207. The van der Waals surface area contributed by atoms with E-state index in [1.807, 2.05) is 0 Å². The molecule has 2 aliphatic carbocycles. The first-order chi connectivity index (χ1) is 23.5. The third-order valence-electron chi connectivity index (χ3n) is 10.0. The van der Waals surface area contributed by atoms with Crippen LogP contribution < -0.4 is 5.32 Å². The van der Waals surface area contributed by atoms with Gasteiger partial charge in [-0.1, -0.05) is 129 Å². The van der Waals surface area contributed by atoms with Crippen molar-refractivity contribution in [3.05, 3.63) is 171 Å². The van der Waals surface area contributed by atoms with Gasteiger partial charge in [-0.25, -0.2) is 0 Å². The average molecular weight is 627 g/mol. The number of nitrogens with zero attached hydrogens (tertiary/aromatic N) is 1. The van der Waals surface area contributed by atoms with Gasteiger partial charge in [0.2, 0.25) is 0 Å². The third kappa shape index (κ3) is 6.32. The number of hydrogen-bond donors (Lipinski definition) is 1. The molecule has 1 N–H and O–H groups in total. The second-order valence-corrected chi connectivity index (χ2v) is 13.3. The van der Waals surface area contributed by atoms with E-state index in [9.17, 15) is 0 Å². The van der Waals surface area contributed by atoms with E-state index < -0.39 is 0 Å². The Bertz CT molecular complexity index is 2060. The topological polar surface area (TPSA) is 24.4 Å². The largest absolute Gasteiger partial charge is 0.339 e. The van der Waals surface area contributed by atoms with Crippen LogP contribution in [-0.4, -0.2) is 11.9 Å². The Morgan fingerprint density at radius 1 is 0.792 bits per heavy atom. The van der Waals surface area contributed by atoms with Gasteiger partial charge in [0.15, 0.2) is 0 Å². The van der Waals surface area contributed by atoms with Gasteiger partial charge in [-0.05, 0) is 119 Å². The Hall–Kier alpha value is -4.95. The summed E-state index contributed by atoms with van der Waals surface area (Å²) in [6.07, 6.45) is 23.8. The van der Waals surface area contributed by atoms with Crippen molar-refractivity contribution in [2.24, 2.45) is 4.99 Å². The first kappa shape index (κ1) is 31.6. The van der Waals surface area contributed by atoms with Gasteiger partial charge in [-0.3, -0.25) is 4.99 Å². The molecule has 2 unspecified atom stereocenters. The molecule has 1 heterocycles. The molecule has 240 valence electrons. The number of aliphatic imine (C=N–C) groups is 1. The van der Waals surface area contributed by atoms with E-state index in [4.69, 9.17) is 4.99 Å². The Balaban J connectivity index is 1.25. The van der Waals surface area contributed by atoms with Crippen LogP contribution in [0.4, 0.5) is 0 Å². The zero-order chi connectivity index (χ0) is 33.0. The first-order valence-corrected chi connectivity index (χ1v) is 17.7. The van der Waals surface area contributed by atoms with Crippen LogP contribution in [0.25, 0.3) is 28.1 Å². The third-order valence-corrected chi connectivity index (χ3v) is 10.0. The minimum atomic E-state index is 0.0112. The minimum absolute atomic E-state index is 0.0112. The summed E-state index contributed by atoms with van der Waals surface area (Å²) >= 11 is 0. The molecule has 0 amide bonds. The van der Waals surface area contributed by atoms with Gasteiger partial charge in [-0.15, -0.1) is 0 Å². The van der Waals surface area contributed by atoms with E-state index in [-0.39, 0.29) is 6.04 Å². The lowest BCUT2D eigenvalue weighted by atomic mass is 9.85. The fourth-order valence-corrected chi connectivity index (χ4v) is 7.53. The minimum Gasteiger partial charge on any atom is -0.339 e. The molecular weight excluding hydrogens is 581 g/mol. The van der Waals surface area contributed by atoms with Gasteiger partial charge < -0.3 is 5.32 Å². The molecule has 7 rings (SSSR count). The number of amidine groups is 1. The van der Waals surface area contributed by atoms with E-state index in [0.29, 0.717) is 5.92 Å². The van der Waals surface area contributed by atoms with E-state index in [1.165, 1.54) is 66.6 Å². The lowest BCUT2D eigenvalue weighted by Gasteiger charge is -2.30. The number of hydrogen-bond acceptors (Lipinski definition) is 2. The van der Waals surface area contributed by atoms with E-state index >= 15 is 0 Å². The first-order valence-electron chi connectivity index (χ1n) is 17.7. The Kier molecular flexibility index (Phi) is 9.25. The van der Waals surface area contributed by atoms with Crippen molar-refractivity contribution in [2.75, 3.05) is 0 Å². The number of benzene rings is 4. The summed E-state index contributed by atoms with van der Waals surface area (Å²) in [5, 5.41) is 6.50. The molecule has 0 saturated heterocycles. The van der Waals surface area contributed by atoms with Crippen molar-refractivity contribution in [3.8, 4) is 0 Å². The smallest absolute Gasteiger partial charge is 0.133 e. The molecule has 0 radical (unpaired) electrons. The van der Waals surface area contributed by atoms with Crippen LogP contribution in [0, 0.1) is 13.8 Å². The summed E-state index contributed by atoms with van der Waals surface area (Å²) < 4.78 is 0. The number of fused-ring (bicyclic) bond motifs is 1. The predicted octanol–water partition coefficient (Wildman–Crippen LogP) is 11.8. The number of rotatable bonds is 8. The van der Waals surface area contributed by atoms with Gasteiger partial charge in [-0.2, -0.15) is 0 Å². The fourth-order valence-electron chi connectivity index (χ4n) is 7.53. The monoisotopic (exact) mass is 626 g/mol. The molecule has 0 bridgehead atoms. The Morgan fingerprint density at radius 3 is 2.42 bits per heavy atom. The highest BCUT2D eigenvalue weighted by molar-refractivity contribution is 6.06. The van der Waals surface area contributed by atoms with E-state index in [0.717, 1.165) is 43.5 Å². The molecule has 0 aromatic heterocycles. The van der Waals surface area contributed by atoms with Crippen molar-refractivity contribution in [1.29, 1.82) is 0 Å². The molecule has 0 saturated carbocycles. The van der Waals surface area contributed by atoms with Crippen LogP contribution >= 0.6 is 0 Å². The Morgan fingerprint density at radius 2 is 1.62 bits per heavy atom. The van der Waals surface area contributed by atoms with Gasteiger partial charge in [0.05, 0.1) is 0 Å². The molecule has 2 nitrogen and oxygen atoms in total. The SMILES string of the molecule is CCC=Cc1c(C)cc(C)c2ccc(C3C=C(c4cccc(C5=NC(C6=CCCC=C6)C(CC)=C(c6ccccc6)N5)c4)C=CC3)cc12. The number of nitrogens with one attached hydrogen (secondary N) is 1. The summed E-state index contributed by atoms with van der Waals surface area (Å²) in [5.74, 6) is 1.25. The molecule has 4 aromatic rings. The van der Waals surface area contributed by atoms with Gasteiger partial charge >= 0.3 is 0 Å². The molecule has 3 aliphatic rings. The van der Waals surface area contributed by atoms with E-state index in [2.05, 4.69) is 160 Å². The summed E-state index contributed by atoms with van der Waals surface area (Å²) in [7, 11) is 0. The summed E-state index contributed by atoms with van der Waals surface area (Å²) in [5.41, 5.74) is 14.0. The van der Waals surface area contributed by atoms with Gasteiger partial charge in [0, 0.05) is 17.2 Å². The van der Waals surface area contributed by atoms with Crippen LogP contribution in [0.15, 0.2) is 138 Å². The zero-order valence-electron chi connectivity index (χ0n) is 28.8. The van der Waals surface area contributed by atoms with Crippen molar-refractivity contribution < 1.29 is 0 Å². The van der Waals surface area contributed by atoms with Crippen molar-refractivity contribution >= 4 is 34.0 Å².